The van der Waals surface area contributed by atoms with Gasteiger partial charge in [-0.15, -0.1) is 0 Å². The van der Waals surface area contributed by atoms with Crippen LogP contribution in [0.5, 0.6) is 11.5 Å². The molecule has 6 heteroatoms. The van der Waals surface area contributed by atoms with Gasteiger partial charge in [-0.2, -0.15) is 0 Å². The van der Waals surface area contributed by atoms with Crippen molar-refractivity contribution in [2.24, 2.45) is 0 Å². The Balaban J connectivity index is 1.49. The van der Waals surface area contributed by atoms with Crippen LogP contribution in [0, 0.1) is 0 Å². The lowest BCUT2D eigenvalue weighted by Gasteiger charge is -2.28. The van der Waals surface area contributed by atoms with E-state index in [-0.39, 0.29) is 18.7 Å². The van der Waals surface area contributed by atoms with Crippen LogP contribution in [0.3, 0.4) is 0 Å². The molecule has 1 saturated heterocycles. The molecule has 0 aliphatic carbocycles. The number of para-hydroxylation sites is 2. The van der Waals surface area contributed by atoms with Gasteiger partial charge < -0.3 is 23.8 Å². The van der Waals surface area contributed by atoms with Crippen LogP contribution in [0.4, 0.5) is 0 Å². The second-order valence-electron chi connectivity index (χ2n) is 5.68. The predicted octanol–water partition coefficient (Wildman–Crippen LogP) is -0.327. The maximum absolute atomic E-state index is 12.2. The number of carbonyl (C=O) groups is 1. The van der Waals surface area contributed by atoms with Crippen LogP contribution < -0.4 is 14.4 Å². The molecule has 2 aliphatic heterocycles. The summed E-state index contributed by atoms with van der Waals surface area (Å²) in [6.45, 7) is 6.35. The molecule has 0 saturated carbocycles. The summed E-state index contributed by atoms with van der Waals surface area (Å²) in [5, 5.41) is 0. The van der Waals surface area contributed by atoms with E-state index in [0.717, 1.165) is 32.8 Å². The molecule has 0 bridgehead atoms. The molecule has 120 valence electrons. The van der Waals surface area contributed by atoms with Crippen molar-refractivity contribution in [3.05, 3.63) is 24.3 Å². The standard InChI is InChI=1S/C16H21NO5/c1-12(10-17-6-8-19-9-7-17)21-16(18)15-11-20-13-4-2-3-5-14(13)22-15/h2-5,12,15H,6-11H2,1H3/p+1/t12-,15-/m0/s1. The lowest BCUT2D eigenvalue weighted by Crippen LogP contribution is -3.15. The highest BCUT2D eigenvalue weighted by Crippen LogP contribution is 2.31. The number of rotatable bonds is 4. The van der Waals surface area contributed by atoms with Crippen molar-refractivity contribution in [3.63, 3.8) is 0 Å². The van der Waals surface area contributed by atoms with Crippen LogP contribution in [0.25, 0.3) is 0 Å². The molecular weight excluding hydrogens is 286 g/mol. The van der Waals surface area contributed by atoms with E-state index in [2.05, 4.69) is 0 Å². The third-order valence-corrected chi connectivity index (χ3v) is 3.86. The van der Waals surface area contributed by atoms with Crippen LogP contribution in [0.2, 0.25) is 0 Å². The third kappa shape index (κ3) is 3.69. The quantitative estimate of drug-likeness (QED) is 0.772. The summed E-state index contributed by atoms with van der Waals surface area (Å²) in [7, 11) is 0. The molecular formula is C16H22NO5+. The molecule has 1 N–H and O–H groups in total. The molecule has 6 nitrogen and oxygen atoms in total. The Hall–Kier alpha value is -1.79. The average molecular weight is 308 g/mol. The van der Waals surface area contributed by atoms with Crippen LogP contribution >= 0.6 is 0 Å². The summed E-state index contributed by atoms with van der Waals surface area (Å²) in [4.78, 5) is 13.6. The van der Waals surface area contributed by atoms with Crippen LogP contribution in [0.15, 0.2) is 24.3 Å². The van der Waals surface area contributed by atoms with Crippen molar-refractivity contribution in [2.75, 3.05) is 39.5 Å². The highest BCUT2D eigenvalue weighted by molar-refractivity contribution is 5.76. The second-order valence-corrected chi connectivity index (χ2v) is 5.68. The molecule has 1 fully saturated rings. The van der Waals surface area contributed by atoms with Gasteiger partial charge in [-0.25, -0.2) is 4.79 Å². The van der Waals surface area contributed by atoms with Crippen LogP contribution in [0.1, 0.15) is 6.92 Å². The van der Waals surface area contributed by atoms with Crippen molar-refractivity contribution in [1.29, 1.82) is 0 Å². The molecule has 1 aromatic carbocycles. The van der Waals surface area contributed by atoms with Gasteiger partial charge in [-0.3, -0.25) is 0 Å². The second kappa shape index (κ2) is 6.98. The normalized spacial score (nSPS) is 22.9. The maximum Gasteiger partial charge on any atom is 0.351 e. The van der Waals surface area contributed by atoms with E-state index in [0.29, 0.717) is 11.5 Å². The first-order valence-corrected chi connectivity index (χ1v) is 7.72. The van der Waals surface area contributed by atoms with Crippen molar-refractivity contribution in [3.8, 4) is 11.5 Å². The number of quaternary nitrogens is 1. The molecule has 2 atom stereocenters. The minimum Gasteiger partial charge on any atom is -0.485 e. The summed E-state index contributed by atoms with van der Waals surface area (Å²) in [6.07, 6.45) is -0.849. The smallest absolute Gasteiger partial charge is 0.351 e. The number of ether oxygens (including phenoxy) is 4. The molecule has 0 aromatic heterocycles. The van der Waals surface area contributed by atoms with E-state index in [9.17, 15) is 4.79 Å². The first kappa shape index (κ1) is 15.1. The molecule has 0 amide bonds. The number of hydrogen-bond donors (Lipinski definition) is 1. The minimum absolute atomic E-state index is 0.152. The first-order chi connectivity index (χ1) is 10.7. The van der Waals surface area contributed by atoms with Gasteiger partial charge in [0.2, 0.25) is 6.10 Å². The summed E-state index contributed by atoms with van der Waals surface area (Å²) >= 11 is 0. The number of carbonyl (C=O) groups excluding carboxylic acids is 1. The Morgan fingerprint density at radius 3 is 2.82 bits per heavy atom. The molecule has 22 heavy (non-hydrogen) atoms. The maximum atomic E-state index is 12.2. The highest BCUT2D eigenvalue weighted by Gasteiger charge is 2.30. The predicted molar refractivity (Wildman–Crippen MR) is 78.3 cm³/mol. The Kier molecular flexibility index (Phi) is 4.80. The van der Waals surface area contributed by atoms with Crippen LogP contribution in [-0.2, 0) is 14.3 Å². The van der Waals surface area contributed by atoms with Gasteiger partial charge in [0.15, 0.2) is 11.5 Å². The fourth-order valence-electron chi connectivity index (χ4n) is 2.72. The molecule has 1 aromatic rings. The Labute approximate surface area is 129 Å². The third-order valence-electron chi connectivity index (χ3n) is 3.86. The van der Waals surface area contributed by atoms with Gasteiger partial charge in [0.1, 0.15) is 32.3 Å². The van der Waals surface area contributed by atoms with Crippen molar-refractivity contribution < 1.29 is 28.6 Å². The Morgan fingerprint density at radius 2 is 2.05 bits per heavy atom. The first-order valence-electron chi connectivity index (χ1n) is 7.72. The van der Waals surface area contributed by atoms with E-state index >= 15 is 0 Å². The number of morpholine rings is 1. The number of nitrogens with one attached hydrogen (secondary N) is 1. The van der Waals surface area contributed by atoms with Gasteiger partial charge in [-0.05, 0) is 19.1 Å². The van der Waals surface area contributed by atoms with Gasteiger partial charge in [0, 0.05) is 0 Å². The number of esters is 1. The SMILES string of the molecule is C[C@@H](C[NH+]1CCOCC1)OC(=O)[C@@H]1COc2ccccc2O1. The zero-order valence-corrected chi connectivity index (χ0v) is 12.7. The van der Waals surface area contributed by atoms with E-state index < -0.39 is 6.10 Å². The molecule has 0 spiro atoms. The average Bonchev–Trinajstić information content (AvgIpc) is 2.55. The lowest BCUT2D eigenvalue weighted by atomic mass is 10.2. The molecule has 0 unspecified atom stereocenters. The summed E-state index contributed by atoms with van der Waals surface area (Å²) < 4.78 is 22.0. The van der Waals surface area contributed by atoms with Crippen molar-refractivity contribution in [1.82, 2.24) is 0 Å². The fourth-order valence-corrected chi connectivity index (χ4v) is 2.72. The highest BCUT2D eigenvalue weighted by atomic mass is 16.6. The van der Waals surface area contributed by atoms with Crippen molar-refractivity contribution in [2.45, 2.75) is 19.1 Å². The topological polar surface area (TPSA) is 58.4 Å². The molecule has 0 radical (unpaired) electrons. The summed E-state index contributed by atoms with van der Waals surface area (Å²) in [6, 6.07) is 7.33. The number of benzene rings is 1. The van der Waals surface area contributed by atoms with Gasteiger partial charge in [0.25, 0.3) is 0 Å². The fraction of sp³-hybridized carbons (Fsp3) is 0.562. The number of fused-ring (bicyclic) bond motifs is 1. The zero-order valence-electron chi connectivity index (χ0n) is 12.7. The van der Waals surface area contributed by atoms with E-state index in [1.54, 1.807) is 6.07 Å². The lowest BCUT2D eigenvalue weighted by molar-refractivity contribution is -0.910. The minimum atomic E-state index is -0.697. The van der Waals surface area contributed by atoms with Gasteiger partial charge >= 0.3 is 5.97 Å². The van der Waals surface area contributed by atoms with E-state index in [4.69, 9.17) is 18.9 Å². The van der Waals surface area contributed by atoms with Crippen molar-refractivity contribution >= 4 is 5.97 Å². The van der Waals surface area contributed by atoms with Crippen LogP contribution in [-0.4, -0.2) is 57.6 Å². The zero-order chi connectivity index (χ0) is 15.4. The largest absolute Gasteiger partial charge is 0.485 e. The van der Waals surface area contributed by atoms with E-state index in [1.165, 1.54) is 4.90 Å². The Bertz CT molecular complexity index is 515. The monoisotopic (exact) mass is 308 g/mol. The molecule has 2 aliphatic rings. The Morgan fingerprint density at radius 1 is 1.32 bits per heavy atom. The van der Waals surface area contributed by atoms with Gasteiger partial charge in [0.05, 0.1) is 13.2 Å². The molecule has 2 heterocycles. The molecule has 3 rings (SSSR count). The van der Waals surface area contributed by atoms with Gasteiger partial charge in [-0.1, -0.05) is 12.1 Å². The summed E-state index contributed by atoms with van der Waals surface area (Å²) in [5.74, 6) is 0.883. The summed E-state index contributed by atoms with van der Waals surface area (Å²) in [5.41, 5.74) is 0. The number of hydrogen-bond acceptors (Lipinski definition) is 5. The van der Waals surface area contributed by atoms with E-state index in [1.807, 2.05) is 25.1 Å².